The van der Waals surface area contributed by atoms with Gasteiger partial charge in [-0.15, -0.1) is 0 Å². The van der Waals surface area contributed by atoms with Crippen molar-refractivity contribution in [1.82, 2.24) is 14.5 Å². The van der Waals surface area contributed by atoms with Gasteiger partial charge in [-0.3, -0.25) is 23.5 Å². The van der Waals surface area contributed by atoms with Crippen LogP contribution in [0.2, 0.25) is 36.3 Å². The van der Waals surface area contributed by atoms with Gasteiger partial charge in [-0.05, 0) is 61.7 Å². The first-order valence-corrected chi connectivity index (χ1v) is 26.7. The molecule has 316 valence electrons. The largest absolute Gasteiger partial charge is 0.414 e. The highest BCUT2D eigenvalue weighted by Crippen LogP contribution is 2.52. The Balaban J connectivity index is 1.43. The van der Waals surface area contributed by atoms with Gasteiger partial charge in [0.1, 0.15) is 12.2 Å². The van der Waals surface area contributed by atoms with E-state index in [1.807, 2.05) is 39.9 Å². The van der Waals surface area contributed by atoms with Crippen LogP contribution in [0, 0.1) is 6.92 Å². The predicted octanol–water partition coefficient (Wildman–Crippen LogP) is 5.58. The standard InChI is InChI=1S/C41H58N4O10SSi2/c1-27-24-45(38(49)44(36(27)48)23-15-22-43-35(47)30-20-18-29(19-21-30)33(46)28-16-13-12-14-17-28)37-34(54-58(10,11)40(5,6)7)41(31(42)26-56(50,51)55-41)32(53-37)25-52-57(8,9)39(2,3)4/h12-14,16-21,24,26,32,34,37H,15,22-23,25,42H2,1-11H3,(H,43,47)/t32-,34+,37-,41-/m1/s1. The van der Waals surface area contributed by atoms with Crippen molar-refractivity contribution >= 4 is 38.4 Å². The lowest BCUT2D eigenvalue weighted by Crippen LogP contribution is -2.59. The van der Waals surface area contributed by atoms with Gasteiger partial charge in [0, 0.05) is 41.5 Å². The summed E-state index contributed by atoms with van der Waals surface area (Å²) in [5.74, 6) is -0.542. The van der Waals surface area contributed by atoms with Gasteiger partial charge in [-0.2, -0.15) is 8.42 Å². The Morgan fingerprint density at radius 1 is 0.897 bits per heavy atom. The summed E-state index contributed by atoms with van der Waals surface area (Å²) in [7, 11) is -9.52. The first-order chi connectivity index (χ1) is 26.7. The molecule has 58 heavy (non-hydrogen) atoms. The van der Waals surface area contributed by atoms with Crippen LogP contribution >= 0.6 is 0 Å². The van der Waals surface area contributed by atoms with Crippen molar-refractivity contribution in [1.29, 1.82) is 0 Å². The van der Waals surface area contributed by atoms with Crippen molar-refractivity contribution in [3.63, 3.8) is 0 Å². The van der Waals surface area contributed by atoms with Crippen LogP contribution in [0.5, 0.6) is 0 Å². The zero-order valence-electron chi connectivity index (χ0n) is 35.4. The monoisotopic (exact) mass is 854 g/mol. The van der Waals surface area contributed by atoms with Crippen molar-refractivity contribution in [3.8, 4) is 0 Å². The van der Waals surface area contributed by atoms with Crippen LogP contribution in [-0.2, 0) is 34.4 Å². The topological polar surface area (TPSA) is 187 Å². The molecule has 1 aromatic heterocycles. The van der Waals surface area contributed by atoms with E-state index >= 15 is 0 Å². The highest BCUT2D eigenvalue weighted by molar-refractivity contribution is 7.90. The number of hydrogen-bond acceptors (Lipinski definition) is 11. The number of benzene rings is 2. The number of ether oxygens (including phenoxy) is 1. The molecule has 14 nitrogen and oxygen atoms in total. The molecule has 4 atom stereocenters. The average molecular weight is 855 g/mol. The van der Waals surface area contributed by atoms with E-state index in [1.54, 1.807) is 55.5 Å². The maximum atomic E-state index is 14.4. The SMILES string of the molecule is Cc1cn([C@@H]2O[C@H](CO[Si](C)(C)C(C)(C)C)[C@@]3(OS(=O)(=O)C=C3N)[C@H]2O[Si](C)(C)C(C)(C)C)c(=O)n(CCCNC(=O)c2ccc(C(=O)c3ccccc3)cc2)c1=O. The number of carbonyl (C=O) groups excluding carboxylic acids is 2. The maximum absolute atomic E-state index is 14.4. The minimum Gasteiger partial charge on any atom is -0.414 e. The number of nitrogens with two attached hydrogens (primary N) is 1. The number of nitrogens with one attached hydrogen (secondary N) is 1. The summed E-state index contributed by atoms with van der Waals surface area (Å²) in [5.41, 5.74) is 4.90. The molecule has 0 unspecified atom stereocenters. The molecular formula is C41H58N4O10SSi2. The van der Waals surface area contributed by atoms with Crippen molar-refractivity contribution in [2.45, 2.75) is 122 Å². The number of aryl methyl sites for hydroxylation is 1. The van der Waals surface area contributed by atoms with E-state index in [0.29, 0.717) is 16.7 Å². The zero-order chi connectivity index (χ0) is 43.2. The number of aromatic nitrogens is 2. The Hall–Kier alpha value is -3.98. The van der Waals surface area contributed by atoms with Gasteiger partial charge in [-0.25, -0.2) is 8.98 Å². The van der Waals surface area contributed by atoms with E-state index in [-0.39, 0.29) is 59.1 Å². The van der Waals surface area contributed by atoms with Crippen LogP contribution in [0.1, 0.15) is 86.0 Å². The number of nitrogens with zero attached hydrogens (tertiary/aromatic N) is 2. The van der Waals surface area contributed by atoms with Gasteiger partial charge in [0.2, 0.25) is 0 Å². The van der Waals surface area contributed by atoms with Crippen molar-refractivity contribution in [3.05, 3.63) is 115 Å². The number of amides is 1. The number of hydrogen-bond donors (Lipinski definition) is 2. The minimum absolute atomic E-state index is 0.0550. The Morgan fingerprint density at radius 3 is 2.02 bits per heavy atom. The lowest BCUT2D eigenvalue weighted by molar-refractivity contribution is -0.0567. The quantitative estimate of drug-likeness (QED) is 0.0947. The smallest absolute Gasteiger partial charge is 0.333 e. The molecular weight excluding hydrogens is 797 g/mol. The Kier molecular flexibility index (Phi) is 12.6. The highest BCUT2D eigenvalue weighted by Gasteiger charge is 2.67. The number of carbonyl (C=O) groups is 2. The third-order valence-electron chi connectivity index (χ3n) is 12.0. The molecule has 0 radical (unpaired) electrons. The summed E-state index contributed by atoms with van der Waals surface area (Å²) in [6.45, 7) is 21.9. The van der Waals surface area contributed by atoms with Crippen LogP contribution in [0.15, 0.2) is 81.5 Å². The van der Waals surface area contributed by atoms with Gasteiger partial charge in [0.15, 0.2) is 34.2 Å². The second kappa shape index (κ2) is 16.2. The first-order valence-electron chi connectivity index (χ1n) is 19.4. The van der Waals surface area contributed by atoms with Crippen LogP contribution in [0.4, 0.5) is 0 Å². The van der Waals surface area contributed by atoms with E-state index in [2.05, 4.69) is 39.2 Å². The Labute approximate surface area is 343 Å². The third kappa shape index (κ3) is 8.95. The molecule has 3 N–H and O–H groups in total. The minimum atomic E-state index is -4.29. The Morgan fingerprint density at radius 2 is 1.47 bits per heavy atom. The summed E-state index contributed by atoms with van der Waals surface area (Å²) >= 11 is 0. The highest BCUT2D eigenvalue weighted by atomic mass is 32.2. The molecule has 0 bridgehead atoms. The second-order valence-corrected chi connectivity index (χ2v) is 29.1. The van der Waals surface area contributed by atoms with E-state index in [9.17, 15) is 27.6 Å². The number of ketones is 1. The molecule has 2 aliphatic rings. The van der Waals surface area contributed by atoms with Gasteiger partial charge in [-0.1, -0.05) is 84.0 Å². The molecule has 0 saturated carbocycles. The van der Waals surface area contributed by atoms with Crippen LogP contribution in [-0.4, -0.2) is 76.8 Å². The van der Waals surface area contributed by atoms with E-state index in [1.165, 1.54) is 10.8 Å². The second-order valence-electron chi connectivity index (χ2n) is 18.2. The van der Waals surface area contributed by atoms with E-state index in [0.717, 1.165) is 9.98 Å². The fraction of sp³-hybridized carbons (Fsp3) is 0.512. The molecule has 17 heteroatoms. The van der Waals surface area contributed by atoms with E-state index in [4.69, 9.17) is 23.5 Å². The van der Waals surface area contributed by atoms with Crippen molar-refractivity contribution < 1.29 is 35.8 Å². The molecule has 1 saturated heterocycles. The molecule has 2 aliphatic heterocycles. The van der Waals surface area contributed by atoms with Crippen LogP contribution in [0.3, 0.4) is 0 Å². The van der Waals surface area contributed by atoms with Gasteiger partial charge < -0.3 is 24.6 Å². The number of rotatable bonds is 13. The van der Waals surface area contributed by atoms with Crippen molar-refractivity contribution in [2.75, 3.05) is 13.2 Å². The van der Waals surface area contributed by atoms with E-state index < -0.39 is 62.0 Å². The van der Waals surface area contributed by atoms with Gasteiger partial charge in [0.25, 0.3) is 21.6 Å². The Bertz CT molecular complexity index is 2290. The summed E-state index contributed by atoms with van der Waals surface area (Å²) < 4.78 is 54.8. The zero-order valence-corrected chi connectivity index (χ0v) is 38.2. The predicted molar refractivity (Wildman–Crippen MR) is 227 cm³/mol. The molecule has 5 rings (SSSR count). The summed E-state index contributed by atoms with van der Waals surface area (Å²) in [5, 5.41) is 3.11. The lowest BCUT2D eigenvalue weighted by atomic mass is 9.89. The summed E-state index contributed by atoms with van der Waals surface area (Å²) in [6, 6.07) is 15.2. The molecule has 1 spiro atoms. The molecule has 3 aromatic rings. The third-order valence-corrected chi connectivity index (χ3v) is 22.0. The first kappa shape index (κ1) is 45.1. The fourth-order valence-corrected chi connectivity index (χ4v) is 9.93. The molecule has 2 aromatic carbocycles. The van der Waals surface area contributed by atoms with Crippen molar-refractivity contribution in [2.24, 2.45) is 5.73 Å². The molecule has 1 amide bonds. The van der Waals surface area contributed by atoms with Crippen LogP contribution < -0.4 is 22.3 Å². The lowest BCUT2D eigenvalue weighted by Gasteiger charge is -2.43. The van der Waals surface area contributed by atoms with Gasteiger partial charge in [0.05, 0.1) is 17.7 Å². The molecule has 3 heterocycles. The molecule has 1 fully saturated rings. The normalized spacial score (nSPS) is 22.3. The molecule has 0 aliphatic carbocycles. The summed E-state index contributed by atoms with van der Waals surface area (Å²) in [6.07, 6.45) is -2.05. The van der Waals surface area contributed by atoms with Crippen LogP contribution in [0.25, 0.3) is 0 Å². The fourth-order valence-electron chi connectivity index (χ4n) is 6.42. The average Bonchev–Trinajstić information content (AvgIpc) is 3.56. The summed E-state index contributed by atoms with van der Waals surface area (Å²) in [4.78, 5) is 53.7. The maximum Gasteiger partial charge on any atom is 0.333 e. The van der Waals surface area contributed by atoms with Gasteiger partial charge >= 0.3 is 5.69 Å².